The molecular formula is C26H34N2O4. The van der Waals surface area contributed by atoms with E-state index in [1.54, 1.807) is 4.90 Å². The van der Waals surface area contributed by atoms with E-state index >= 15 is 0 Å². The zero-order valence-electron chi connectivity index (χ0n) is 18.9. The maximum absolute atomic E-state index is 12.5. The summed E-state index contributed by atoms with van der Waals surface area (Å²) in [5.41, 5.74) is 1.11. The van der Waals surface area contributed by atoms with E-state index in [-0.39, 0.29) is 24.3 Å². The van der Waals surface area contributed by atoms with Gasteiger partial charge in [-0.05, 0) is 49.1 Å². The molecule has 0 aromatic heterocycles. The van der Waals surface area contributed by atoms with Crippen LogP contribution >= 0.6 is 0 Å². The summed E-state index contributed by atoms with van der Waals surface area (Å²) in [5.74, 6) is 1.47. The molecule has 6 heteroatoms. The Bertz CT molecular complexity index is 831. The Hall–Kier alpha value is -3.02. The molecule has 0 atom stereocenters. The number of hydrogen-bond acceptors (Lipinski definition) is 4. The molecule has 1 saturated heterocycles. The van der Waals surface area contributed by atoms with E-state index in [4.69, 9.17) is 9.47 Å². The number of hydrogen-bond donors (Lipinski definition) is 1. The molecule has 1 heterocycles. The highest BCUT2D eigenvalue weighted by atomic mass is 16.5. The van der Waals surface area contributed by atoms with Gasteiger partial charge in [0.15, 0.2) is 6.61 Å². The van der Waals surface area contributed by atoms with E-state index in [0.717, 1.165) is 37.1 Å². The van der Waals surface area contributed by atoms with Crippen molar-refractivity contribution in [1.29, 1.82) is 0 Å². The van der Waals surface area contributed by atoms with Crippen LogP contribution in [0.1, 0.15) is 44.6 Å². The number of carbonyl (C=O) groups is 2. The van der Waals surface area contributed by atoms with Gasteiger partial charge >= 0.3 is 0 Å². The van der Waals surface area contributed by atoms with Gasteiger partial charge in [0.25, 0.3) is 5.91 Å². The van der Waals surface area contributed by atoms with Crippen LogP contribution in [0.25, 0.3) is 0 Å². The number of benzene rings is 2. The summed E-state index contributed by atoms with van der Waals surface area (Å²) in [5, 5.41) is 3.02. The molecule has 0 bridgehead atoms. The maximum Gasteiger partial charge on any atom is 0.260 e. The highest BCUT2D eigenvalue weighted by Gasteiger charge is 2.27. The lowest BCUT2D eigenvalue weighted by Crippen LogP contribution is -2.44. The van der Waals surface area contributed by atoms with Crippen molar-refractivity contribution >= 4 is 11.8 Å². The lowest BCUT2D eigenvalue weighted by molar-refractivity contribution is -0.137. The van der Waals surface area contributed by atoms with Crippen LogP contribution in [0.15, 0.2) is 54.6 Å². The third kappa shape index (κ3) is 7.59. The van der Waals surface area contributed by atoms with Crippen molar-refractivity contribution in [2.75, 3.05) is 26.2 Å². The Morgan fingerprint density at radius 3 is 2.25 bits per heavy atom. The molecule has 2 aromatic carbocycles. The van der Waals surface area contributed by atoms with Gasteiger partial charge in [0.1, 0.15) is 18.1 Å². The van der Waals surface area contributed by atoms with E-state index in [2.05, 4.69) is 12.2 Å². The first-order valence-electron chi connectivity index (χ1n) is 11.6. The number of nitrogens with one attached hydrogen (secondary N) is 1. The van der Waals surface area contributed by atoms with Crippen LogP contribution in [0, 0.1) is 5.92 Å². The van der Waals surface area contributed by atoms with Crippen molar-refractivity contribution in [2.45, 2.75) is 45.6 Å². The minimum atomic E-state index is -0.0452. The largest absolute Gasteiger partial charge is 0.489 e. The number of unbranched alkanes of at least 4 members (excludes halogenated alkanes) is 2. The lowest BCUT2D eigenvalue weighted by Gasteiger charge is -2.31. The first-order valence-corrected chi connectivity index (χ1v) is 11.6. The number of rotatable bonds is 11. The fraction of sp³-hybridized carbons (Fsp3) is 0.462. The zero-order chi connectivity index (χ0) is 22.6. The van der Waals surface area contributed by atoms with Crippen molar-refractivity contribution in [1.82, 2.24) is 10.2 Å². The second-order valence-corrected chi connectivity index (χ2v) is 8.19. The summed E-state index contributed by atoms with van der Waals surface area (Å²) in [6.07, 6.45) is 4.72. The summed E-state index contributed by atoms with van der Waals surface area (Å²) in [6.45, 7) is 4.60. The molecule has 2 aromatic rings. The van der Waals surface area contributed by atoms with Crippen LogP contribution in [-0.2, 0) is 16.2 Å². The molecule has 0 unspecified atom stereocenters. The Balaban J connectivity index is 1.34. The number of likely N-dealkylation sites (tertiary alicyclic amines) is 1. The minimum Gasteiger partial charge on any atom is -0.489 e. The molecule has 0 spiro atoms. The van der Waals surface area contributed by atoms with Crippen LogP contribution in [0.4, 0.5) is 0 Å². The Morgan fingerprint density at radius 2 is 1.59 bits per heavy atom. The SMILES string of the molecule is CCCCCNC(=O)C1CCN(C(=O)COc2ccc(OCc3ccccc3)cc2)CC1. The predicted molar refractivity (Wildman–Crippen MR) is 125 cm³/mol. The van der Waals surface area contributed by atoms with Gasteiger partial charge in [0.2, 0.25) is 5.91 Å². The van der Waals surface area contributed by atoms with Gasteiger partial charge in [-0.1, -0.05) is 50.1 Å². The number of nitrogens with zero attached hydrogens (tertiary/aromatic N) is 1. The van der Waals surface area contributed by atoms with Crippen molar-refractivity contribution < 1.29 is 19.1 Å². The molecule has 1 aliphatic rings. The highest BCUT2D eigenvalue weighted by Crippen LogP contribution is 2.20. The van der Waals surface area contributed by atoms with Crippen LogP contribution in [0.3, 0.4) is 0 Å². The molecule has 1 fully saturated rings. The first kappa shape index (κ1) is 23.6. The number of ether oxygens (including phenoxy) is 2. The average Bonchev–Trinajstić information content (AvgIpc) is 2.85. The van der Waals surface area contributed by atoms with Gasteiger partial charge < -0.3 is 19.7 Å². The molecular weight excluding hydrogens is 404 g/mol. The quantitative estimate of drug-likeness (QED) is 0.534. The monoisotopic (exact) mass is 438 g/mol. The van der Waals surface area contributed by atoms with Crippen molar-refractivity contribution in [3.05, 3.63) is 60.2 Å². The summed E-state index contributed by atoms with van der Waals surface area (Å²) < 4.78 is 11.4. The molecule has 1 aliphatic heterocycles. The third-order valence-corrected chi connectivity index (χ3v) is 5.73. The summed E-state index contributed by atoms with van der Waals surface area (Å²) in [4.78, 5) is 26.5. The van der Waals surface area contributed by atoms with E-state index in [9.17, 15) is 9.59 Å². The number of carbonyl (C=O) groups excluding carboxylic acids is 2. The third-order valence-electron chi connectivity index (χ3n) is 5.73. The van der Waals surface area contributed by atoms with Crippen LogP contribution in [-0.4, -0.2) is 43.0 Å². The summed E-state index contributed by atoms with van der Waals surface area (Å²) in [6, 6.07) is 17.3. The van der Waals surface area contributed by atoms with Crippen LogP contribution in [0.2, 0.25) is 0 Å². The standard InChI is InChI=1S/C26H34N2O4/c1-2-3-7-16-27-26(30)22-14-17-28(18-15-22)25(29)20-32-24-12-10-23(11-13-24)31-19-21-8-5-4-6-9-21/h4-6,8-13,22H,2-3,7,14-20H2,1H3,(H,27,30). The molecule has 0 radical (unpaired) electrons. The second kappa shape index (κ2) is 12.7. The Labute approximate surface area is 190 Å². The van der Waals surface area contributed by atoms with Crippen LogP contribution in [0.5, 0.6) is 11.5 Å². The molecule has 32 heavy (non-hydrogen) atoms. The van der Waals surface area contributed by atoms with E-state index in [0.29, 0.717) is 38.3 Å². The first-order chi connectivity index (χ1) is 15.7. The molecule has 0 aliphatic carbocycles. The Morgan fingerprint density at radius 1 is 0.938 bits per heavy atom. The summed E-state index contributed by atoms with van der Waals surface area (Å²) >= 11 is 0. The molecule has 3 rings (SSSR count). The van der Waals surface area contributed by atoms with Crippen LogP contribution < -0.4 is 14.8 Å². The van der Waals surface area contributed by atoms with Gasteiger partial charge in [-0.2, -0.15) is 0 Å². The normalized spacial score (nSPS) is 14.1. The van der Waals surface area contributed by atoms with Gasteiger partial charge in [-0.15, -0.1) is 0 Å². The van der Waals surface area contributed by atoms with Gasteiger partial charge in [0.05, 0.1) is 0 Å². The van der Waals surface area contributed by atoms with Crippen molar-refractivity contribution in [3.8, 4) is 11.5 Å². The lowest BCUT2D eigenvalue weighted by atomic mass is 9.96. The van der Waals surface area contributed by atoms with Gasteiger partial charge in [0, 0.05) is 25.6 Å². The smallest absolute Gasteiger partial charge is 0.260 e. The molecule has 6 nitrogen and oxygen atoms in total. The van der Waals surface area contributed by atoms with E-state index in [1.165, 1.54) is 0 Å². The van der Waals surface area contributed by atoms with E-state index < -0.39 is 0 Å². The number of amides is 2. The van der Waals surface area contributed by atoms with Gasteiger partial charge in [-0.3, -0.25) is 9.59 Å². The Kier molecular flexibility index (Phi) is 9.41. The predicted octanol–water partition coefficient (Wildman–Crippen LogP) is 4.19. The maximum atomic E-state index is 12.5. The molecule has 172 valence electrons. The van der Waals surface area contributed by atoms with Gasteiger partial charge in [-0.25, -0.2) is 0 Å². The zero-order valence-corrected chi connectivity index (χ0v) is 18.9. The minimum absolute atomic E-state index is 0.00188. The molecule has 2 amide bonds. The fourth-order valence-electron chi connectivity index (χ4n) is 3.73. The summed E-state index contributed by atoms with van der Waals surface area (Å²) in [7, 11) is 0. The molecule has 1 N–H and O–H groups in total. The van der Waals surface area contributed by atoms with Crippen molar-refractivity contribution in [3.63, 3.8) is 0 Å². The van der Waals surface area contributed by atoms with Crippen molar-refractivity contribution in [2.24, 2.45) is 5.92 Å². The average molecular weight is 439 g/mol. The topological polar surface area (TPSA) is 67.9 Å². The highest BCUT2D eigenvalue weighted by molar-refractivity contribution is 5.80. The molecule has 0 saturated carbocycles. The van der Waals surface area contributed by atoms with E-state index in [1.807, 2.05) is 54.6 Å². The second-order valence-electron chi connectivity index (χ2n) is 8.19. The fourth-order valence-corrected chi connectivity index (χ4v) is 3.73. The number of piperidine rings is 1.